The molecule has 0 N–H and O–H groups in total. The van der Waals surface area contributed by atoms with Crippen molar-refractivity contribution in [2.75, 3.05) is 27.2 Å². The van der Waals surface area contributed by atoms with Gasteiger partial charge >= 0.3 is 5.97 Å². The van der Waals surface area contributed by atoms with E-state index < -0.39 is 0 Å². The fourth-order valence-electron chi connectivity index (χ4n) is 6.55. The van der Waals surface area contributed by atoms with Gasteiger partial charge in [-0.05, 0) is 120 Å². The van der Waals surface area contributed by atoms with E-state index in [9.17, 15) is 9.59 Å². The van der Waals surface area contributed by atoms with Crippen LogP contribution in [0.25, 0.3) is 11.4 Å². The van der Waals surface area contributed by atoms with Gasteiger partial charge in [0.15, 0.2) is 5.78 Å². The Morgan fingerprint density at radius 3 is 2.07 bits per heavy atom. The summed E-state index contributed by atoms with van der Waals surface area (Å²) in [5, 5.41) is 1.35. The average molecular weight is 648 g/mol. The number of ether oxygens (including phenoxy) is 1. The van der Waals surface area contributed by atoms with Crippen LogP contribution in [0.1, 0.15) is 58.5 Å². The smallest absolute Gasteiger partial charge is 0.308 e. The van der Waals surface area contributed by atoms with Gasteiger partial charge in [-0.1, -0.05) is 23.2 Å². The molecule has 45 heavy (non-hydrogen) atoms. The van der Waals surface area contributed by atoms with Gasteiger partial charge in [0.2, 0.25) is 0 Å². The minimum Gasteiger partial charge on any atom is -0.469 e. The zero-order valence-corrected chi connectivity index (χ0v) is 28.0. The summed E-state index contributed by atoms with van der Waals surface area (Å²) in [5.74, 6) is -0.192. The molecule has 1 fully saturated rings. The highest BCUT2D eigenvalue weighted by Crippen LogP contribution is 2.29. The van der Waals surface area contributed by atoms with Gasteiger partial charge in [0, 0.05) is 68.6 Å². The lowest BCUT2D eigenvalue weighted by Crippen LogP contribution is -2.45. The van der Waals surface area contributed by atoms with Crippen LogP contribution < -0.4 is 0 Å². The molecular formula is C36H40Cl2N4O3. The van der Waals surface area contributed by atoms with E-state index in [0.29, 0.717) is 48.0 Å². The van der Waals surface area contributed by atoms with E-state index in [0.717, 1.165) is 46.1 Å². The number of rotatable bonds is 10. The Balaban J connectivity index is 1.48. The molecule has 0 bridgehead atoms. The largest absolute Gasteiger partial charge is 0.469 e. The summed E-state index contributed by atoms with van der Waals surface area (Å²) < 4.78 is 9.38. The maximum Gasteiger partial charge on any atom is 0.308 e. The SMILES string of the molecule is CN=Cc1cc(C)n(-c2ccc(Cl)cc2)c1CCc1cc(C(=O)C(C)N2CCC(C(=O)OC)CC2)c(C)n1-c1ccc(Cl)cc1. The quantitative estimate of drug-likeness (QED) is 0.102. The summed E-state index contributed by atoms with van der Waals surface area (Å²) in [5.41, 5.74) is 7.94. The zero-order valence-electron chi connectivity index (χ0n) is 26.5. The van der Waals surface area contributed by atoms with E-state index in [-0.39, 0.29) is 23.7 Å². The summed E-state index contributed by atoms with van der Waals surface area (Å²) in [7, 11) is 3.21. The Morgan fingerprint density at radius 2 is 1.51 bits per heavy atom. The van der Waals surface area contributed by atoms with Crippen LogP contribution in [0.3, 0.4) is 0 Å². The number of nitrogens with zero attached hydrogens (tertiary/aromatic N) is 4. The van der Waals surface area contributed by atoms with Gasteiger partial charge in [0.05, 0.1) is 19.1 Å². The number of hydrogen-bond acceptors (Lipinski definition) is 5. The third kappa shape index (κ3) is 6.96. The lowest BCUT2D eigenvalue weighted by Gasteiger charge is -2.34. The molecule has 0 spiro atoms. The molecule has 0 radical (unpaired) electrons. The number of benzene rings is 2. The second kappa shape index (κ2) is 14.2. The molecule has 1 aliphatic heterocycles. The molecule has 1 saturated heterocycles. The molecule has 1 atom stereocenters. The molecule has 2 aromatic carbocycles. The summed E-state index contributed by atoms with van der Waals surface area (Å²) in [6.45, 7) is 7.44. The van der Waals surface area contributed by atoms with Crippen LogP contribution in [0.15, 0.2) is 65.7 Å². The van der Waals surface area contributed by atoms with Crippen LogP contribution in [0, 0.1) is 19.8 Å². The second-order valence-corrected chi connectivity index (χ2v) is 12.6. The van der Waals surface area contributed by atoms with Gasteiger partial charge < -0.3 is 13.9 Å². The number of aryl methyl sites for hydroxylation is 2. The topological polar surface area (TPSA) is 68.8 Å². The minimum absolute atomic E-state index is 0.0807. The van der Waals surface area contributed by atoms with Crippen molar-refractivity contribution >= 4 is 41.2 Å². The van der Waals surface area contributed by atoms with E-state index in [2.05, 4.69) is 38.1 Å². The monoisotopic (exact) mass is 646 g/mol. The molecule has 1 unspecified atom stereocenters. The molecule has 9 heteroatoms. The fourth-order valence-corrected chi connectivity index (χ4v) is 6.80. The highest BCUT2D eigenvalue weighted by atomic mass is 35.5. The molecule has 1 aliphatic rings. The molecule has 0 saturated carbocycles. The maximum absolute atomic E-state index is 14.1. The Kier molecular flexibility index (Phi) is 10.3. The van der Waals surface area contributed by atoms with Crippen LogP contribution in [0.2, 0.25) is 10.0 Å². The normalized spacial score (nSPS) is 15.1. The van der Waals surface area contributed by atoms with Crippen molar-refractivity contribution in [3.05, 3.63) is 105 Å². The third-order valence-corrected chi connectivity index (χ3v) is 9.46. The number of Topliss-reactive ketones (excluding diaryl/α,β-unsaturated/α-hetero) is 1. The Labute approximate surface area is 275 Å². The number of methoxy groups -OCH3 is 1. The number of piperidine rings is 1. The predicted octanol–water partition coefficient (Wildman–Crippen LogP) is 7.48. The van der Waals surface area contributed by atoms with Gasteiger partial charge in [-0.25, -0.2) is 0 Å². The van der Waals surface area contributed by atoms with Crippen LogP contribution in [-0.4, -0.2) is 65.3 Å². The number of halogens is 2. The van der Waals surface area contributed by atoms with Crippen molar-refractivity contribution in [1.29, 1.82) is 0 Å². The second-order valence-electron chi connectivity index (χ2n) is 11.7. The van der Waals surface area contributed by atoms with Crippen LogP contribution in [0.4, 0.5) is 0 Å². The maximum atomic E-state index is 14.1. The minimum atomic E-state index is -0.312. The van der Waals surface area contributed by atoms with Crippen molar-refractivity contribution in [1.82, 2.24) is 14.0 Å². The molecule has 5 rings (SSSR count). The first-order valence-electron chi connectivity index (χ1n) is 15.4. The van der Waals surface area contributed by atoms with E-state index in [4.69, 9.17) is 27.9 Å². The Hall–Kier alpha value is -3.65. The number of carbonyl (C=O) groups excluding carboxylic acids is 2. The van der Waals surface area contributed by atoms with E-state index in [1.165, 1.54) is 7.11 Å². The first-order chi connectivity index (χ1) is 21.6. The summed E-state index contributed by atoms with van der Waals surface area (Å²) >= 11 is 12.5. The fraction of sp³-hybridized carbons (Fsp3) is 0.361. The van der Waals surface area contributed by atoms with Gasteiger partial charge in [0.1, 0.15) is 0 Å². The third-order valence-electron chi connectivity index (χ3n) is 8.96. The van der Waals surface area contributed by atoms with Crippen molar-refractivity contribution in [3.8, 4) is 11.4 Å². The standard InChI is InChI=1S/C36H40Cl2N4O3/c1-23-20-27(22-39-4)34(41(23)30-10-6-28(37)7-11-30)15-14-32-21-33(24(2)42(32)31-12-8-29(38)9-13-31)35(43)25(3)40-18-16-26(17-19-40)36(44)45-5/h6-13,20-22,25-26H,14-19H2,1-5H3. The molecule has 236 valence electrons. The van der Waals surface area contributed by atoms with Gasteiger partial charge in [-0.3, -0.25) is 19.5 Å². The number of aromatic nitrogens is 2. The van der Waals surface area contributed by atoms with Crippen LogP contribution >= 0.6 is 23.2 Å². The molecule has 2 aromatic heterocycles. The lowest BCUT2D eigenvalue weighted by molar-refractivity contribution is -0.147. The van der Waals surface area contributed by atoms with Crippen molar-refractivity contribution < 1.29 is 14.3 Å². The molecular weight excluding hydrogens is 607 g/mol. The highest BCUT2D eigenvalue weighted by Gasteiger charge is 2.32. The number of ketones is 1. The zero-order chi connectivity index (χ0) is 32.2. The Bertz CT molecular complexity index is 1700. The van der Waals surface area contributed by atoms with Gasteiger partial charge in [-0.2, -0.15) is 0 Å². The number of likely N-dealkylation sites (tertiary alicyclic amines) is 1. The first kappa shape index (κ1) is 32.7. The van der Waals surface area contributed by atoms with E-state index >= 15 is 0 Å². The lowest BCUT2D eigenvalue weighted by atomic mass is 9.94. The molecule has 0 amide bonds. The average Bonchev–Trinajstić information content (AvgIpc) is 3.54. The molecule has 4 aromatic rings. The molecule has 7 nitrogen and oxygen atoms in total. The van der Waals surface area contributed by atoms with Crippen molar-refractivity contribution in [2.45, 2.75) is 52.5 Å². The predicted molar refractivity (Wildman–Crippen MR) is 182 cm³/mol. The van der Waals surface area contributed by atoms with Crippen LogP contribution in [-0.2, 0) is 22.4 Å². The van der Waals surface area contributed by atoms with Gasteiger partial charge in [0.25, 0.3) is 0 Å². The van der Waals surface area contributed by atoms with Gasteiger partial charge in [-0.15, -0.1) is 0 Å². The summed E-state index contributed by atoms with van der Waals surface area (Å²) in [4.78, 5) is 32.6. The number of carbonyl (C=O) groups is 2. The first-order valence-corrected chi connectivity index (χ1v) is 16.1. The Morgan fingerprint density at radius 1 is 0.933 bits per heavy atom. The van der Waals surface area contributed by atoms with Crippen molar-refractivity contribution in [2.24, 2.45) is 10.9 Å². The highest BCUT2D eigenvalue weighted by molar-refractivity contribution is 6.30. The van der Waals surface area contributed by atoms with Crippen molar-refractivity contribution in [3.63, 3.8) is 0 Å². The number of esters is 1. The van der Waals surface area contributed by atoms with Crippen LogP contribution in [0.5, 0.6) is 0 Å². The molecule has 0 aliphatic carbocycles. The van der Waals surface area contributed by atoms with E-state index in [1.54, 1.807) is 7.05 Å². The molecule has 3 heterocycles. The number of hydrogen-bond donors (Lipinski definition) is 0. The number of aliphatic imine (C=N–C) groups is 1. The summed E-state index contributed by atoms with van der Waals surface area (Å²) in [6.07, 6.45) is 4.70. The summed E-state index contributed by atoms with van der Waals surface area (Å²) in [6, 6.07) is 19.5. The van der Waals surface area contributed by atoms with E-state index in [1.807, 2.05) is 68.6 Å².